The van der Waals surface area contributed by atoms with E-state index in [9.17, 15) is 18.8 Å². The second-order valence-electron chi connectivity index (χ2n) is 8.30. The normalized spacial score (nSPS) is 10.7. The lowest BCUT2D eigenvalue weighted by Gasteiger charge is -2.27. The lowest BCUT2D eigenvalue weighted by molar-refractivity contribution is -0.133. The Balaban J connectivity index is 1.63. The third-order valence-corrected chi connectivity index (χ3v) is 5.74. The van der Waals surface area contributed by atoms with Gasteiger partial charge < -0.3 is 14.2 Å². The van der Waals surface area contributed by atoms with Gasteiger partial charge in [0, 0.05) is 18.7 Å². The van der Waals surface area contributed by atoms with Gasteiger partial charge in [0.05, 0.1) is 23.8 Å². The van der Waals surface area contributed by atoms with Gasteiger partial charge in [-0.2, -0.15) is 0 Å². The first kappa shape index (κ1) is 24.6. The Bertz CT molecular complexity index is 1430. The molecule has 36 heavy (non-hydrogen) atoms. The molecule has 2 amide bonds. The van der Waals surface area contributed by atoms with Crippen molar-refractivity contribution in [2.24, 2.45) is 0 Å². The number of carbonyl (C=O) groups is 2. The molecule has 1 aromatic heterocycles. The molecule has 3 aromatic carbocycles. The number of halogens is 1. The molecule has 0 spiro atoms. The lowest BCUT2D eigenvalue weighted by Crippen LogP contribution is -2.43. The van der Waals surface area contributed by atoms with Gasteiger partial charge in [-0.1, -0.05) is 48.5 Å². The molecule has 1 heterocycles. The number of nitrogens with zero attached hydrogens (tertiary/aromatic N) is 2. The highest BCUT2D eigenvalue weighted by Gasteiger charge is 2.23. The van der Waals surface area contributed by atoms with Crippen molar-refractivity contribution in [1.29, 1.82) is 0 Å². The van der Waals surface area contributed by atoms with Crippen LogP contribution >= 0.6 is 0 Å². The smallest absolute Gasteiger partial charge is 0.254 e. The average Bonchev–Trinajstić information content (AvgIpc) is 2.91. The molecule has 0 aliphatic carbocycles. The molecular formula is C29H25FN2O4. The quantitative estimate of drug-likeness (QED) is 0.320. The zero-order valence-corrected chi connectivity index (χ0v) is 19.6. The Kier molecular flexibility index (Phi) is 7.70. The zero-order valence-electron chi connectivity index (χ0n) is 19.6. The number of carbonyl (C=O) groups excluding carboxylic acids is 2. The third-order valence-electron chi connectivity index (χ3n) is 5.74. The van der Waals surface area contributed by atoms with Crippen molar-refractivity contribution >= 4 is 22.8 Å². The van der Waals surface area contributed by atoms with E-state index in [1.54, 1.807) is 72.8 Å². The number of rotatable bonds is 9. The predicted octanol–water partition coefficient (Wildman–Crippen LogP) is 4.79. The summed E-state index contributed by atoms with van der Waals surface area (Å²) in [5, 5.41) is 0.414. The number of hydrogen-bond acceptors (Lipinski definition) is 4. The first-order valence-corrected chi connectivity index (χ1v) is 11.4. The van der Waals surface area contributed by atoms with E-state index in [4.69, 9.17) is 4.42 Å². The van der Waals surface area contributed by atoms with E-state index in [2.05, 4.69) is 6.58 Å². The van der Waals surface area contributed by atoms with Crippen molar-refractivity contribution in [3.63, 3.8) is 0 Å². The number of amides is 2. The first-order chi connectivity index (χ1) is 17.5. The van der Waals surface area contributed by atoms with E-state index in [0.717, 1.165) is 0 Å². The second-order valence-corrected chi connectivity index (χ2v) is 8.30. The summed E-state index contributed by atoms with van der Waals surface area (Å²) < 4.78 is 19.1. The molecule has 0 bridgehead atoms. The summed E-state index contributed by atoms with van der Waals surface area (Å²) in [5.74, 6) is -1.08. The van der Waals surface area contributed by atoms with Gasteiger partial charge in [0.2, 0.25) is 5.91 Å². The summed E-state index contributed by atoms with van der Waals surface area (Å²) in [7, 11) is 0. The average molecular weight is 485 g/mol. The number of fused-ring (bicyclic) bond motifs is 1. The van der Waals surface area contributed by atoms with Gasteiger partial charge in [0.15, 0.2) is 5.43 Å². The van der Waals surface area contributed by atoms with Crippen molar-refractivity contribution < 1.29 is 18.4 Å². The Morgan fingerprint density at radius 2 is 1.58 bits per heavy atom. The largest absolute Gasteiger partial charge is 0.464 e. The molecule has 0 N–H and O–H groups in total. The van der Waals surface area contributed by atoms with E-state index in [-0.39, 0.29) is 43.4 Å². The Morgan fingerprint density at radius 1 is 0.889 bits per heavy atom. The highest BCUT2D eigenvalue weighted by molar-refractivity contribution is 5.96. The van der Waals surface area contributed by atoms with Gasteiger partial charge in [-0.3, -0.25) is 14.4 Å². The van der Waals surface area contributed by atoms with E-state index >= 15 is 0 Å². The van der Waals surface area contributed by atoms with E-state index in [0.29, 0.717) is 27.7 Å². The maximum absolute atomic E-state index is 13.5. The molecule has 0 atom stereocenters. The molecule has 182 valence electrons. The van der Waals surface area contributed by atoms with Crippen LogP contribution in [0.15, 0.2) is 107 Å². The van der Waals surface area contributed by atoms with Gasteiger partial charge in [-0.15, -0.1) is 6.58 Å². The standard InChI is InChI=1S/C29H25FN2O4/c1-2-16-31(29(35)22-8-4-3-5-9-22)19-27(33)32(17-21-12-14-24(30)15-13-21)18-23-20-36-26-11-7-6-10-25(26)28(23)34/h2-15,20H,1,16-19H2. The summed E-state index contributed by atoms with van der Waals surface area (Å²) in [4.78, 5) is 42.5. The Labute approximate surface area is 207 Å². The van der Waals surface area contributed by atoms with E-state index < -0.39 is 5.82 Å². The Morgan fingerprint density at radius 3 is 2.31 bits per heavy atom. The topological polar surface area (TPSA) is 70.8 Å². The number of benzene rings is 3. The van der Waals surface area contributed by atoms with Crippen LogP contribution in [0.25, 0.3) is 11.0 Å². The molecule has 0 aliphatic heterocycles. The predicted molar refractivity (Wildman–Crippen MR) is 136 cm³/mol. The van der Waals surface area contributed by atoms with Crippen molar-refractivity contribution in [2.75, 3.05) is 13.1 Å². The molecular weight excluding hydrogens is 459 g/mol. The van der Waals surface area contributed by atoms with Crippen LogP contribution in [0.2, 0.25) is 0 Å². The summed E-state index contributed by atoms with van der Waals surface area (Å²) in [6.07, 6.45) is 2.91. The fraction of sp³-hybridized carbons (Fsp3) is 0.138. The van der Waals surface area contributed by atoms with Gasteiger partial charge >= 0.3 is 0 Å². The van der Waals surface area contributed by atoms with Gasteiger partial charge in [-0.05, 0) is 42.0 Å². The molecule has 0 fully saturated rings. The molecule has 0 saturated heterocycles. The molecule has 7 heteroatoms. The van der Waals surface area contributed by atoms with Crippen molar-refractivity contribution in [3.8, 4) is 0 Å². The molecule has 0 saturated carbocycles. The number of hydrogen-bond donors (Lipinski definition) is 0. The maximum Gasteiger partial charge on any atom is 0.254 e. The van der Waals surface area contributed by atoms with Crippen LogP contribution in [-0.2, 0) is 17.9 Å². The first-order valence-electron chi connectivity index (χ1n) is 11.4. The van der Waals surface area contributed by atoms with Crippen molar-refractivity contribution in [3.05, 3.63) is 131 Å². The van der Waals surface area contributed by atoms with Crippen LogP contribution in [0.1, 0.15) is 21.5 Å². The Hall–Kier alpha value is -4.52. The summed E-state index contributed by atoms with van der Waals surface area (Å²) >= 11 is 0. The SMILES string of the molecule is C=CCN(CC(=O)N(Cc1ccc(F)cc1)Cc1coc2ccccc2c1=O)C(=O)c1ccccc1. The van der Waals surface area contributed by atoms with Crippen LogP contribution in [0, 0.1) is 5.82 Å². The molecule has 0 aliphatic rings. The van der Waals surface area contributed by atoms with Crippen LogP contribution < -0.4 is 5.43 Å². The van der Waals surface area contributed by atoms with Crippen molar-refractivity contribution in [2.45, 2.75) is 13.1 Å². The molecule has 0 radical (unpaired) electrons. The molecule has 4 aromatic rings. The third kappa shape index (κ3) is 5.75. The van der Waals surface area contributed by atoms with Crippen LogP contribution in [0.3, 0.4) is 0 Å². The second kappa shape index (κ2) is 11.3. The lowest BCUT2D eigenvalue weighted by atomic mass is 10.1. The minimum absolute atomic E-state index is 0.0369. The molecule has 4 rings (SSSR count). The highest BCUT2D eigenvalue weighted by Crippen LogP contribution is 2.15. The summed E-state index contributed by atoms with van der Waals surface area (Å²) in [6, 6.07) is 21.3. The van der Waals surface area contributed by atoms with Crippen molar-refractivity contribution in [1.82, 2.24) is 9.80 Å². The van der Waals surface area contributed by atoms with E-state index in [1.165, 1.54) is 28.2 Å². The van der Waals surface area contributed by atoms with Crippen LogP contribution in [0.5, 0.6) is 0 Å². The van der Waals surface area contributed by atoms with Gasteiger partial charge in [0.25, 0.3) is 5.91 Å². The monoisotopic (exact) mass is 484 g/mol. The summed E-state index contributed by atoms with van der Waals surface area (Å²) in [5.41, 5.74) is 1.64. The minimum atomic E-state index is -0.391. The maximum atomic E-state index is 13.5. The van der Waals surface area contributed by atoms with Crippen LogP contribution in [-0.4, -0.2) is 34.7 Å². The van der Waals surface area contributed by atoms with Crippen LogP contribution in [0.4, 0.5) is 4.39 Å². The van der Waals surface area contributed by atoms with E-state index in [1.807, 2.05) is 0 Å². The minimum Gasteiger partial charge on any atom is -0.464 e. The molecule has 6 nitrogen and oxygen atoms in total. The van der Waals surface area contributed by atoms with Gasteiger partial charge in [0.1, 0.15) is 17.9 Å². The molecule has 0 unspecified atom stereocenters. The fourth-order valence-electron chi connectivity index (χ4n) is 3.88. The fourth-order valence-corrected chi connectivity index (χ4v) is 3.88. The summed E-state index contributed by atoms with van der Waals surface area (Å²) in [6.45, 7) is 3.73. The zero-order chi connectivity index (χ0) is 25.5. The number of para-hydroxylation sites is 1. The van der Waals surface area contributed by atoms with Gasteiger partial charge in [-0.25, -0.2) is 4.39 Å². The highest BCUT2D eigenvalue weighted by atomic mass is 19.1.